The fourth-order valence-electron chi connectivity index (χ4n) is 3.94. The lowest BCUT2D eigenvalue weighted by Gasteiger charge is -2.07. The Morgan fingerprint density at radius 2 is 0.966 bits per heavy atom. The second kappa shape index (κ2) is 22.1. The first kappa shape index (κ1) is 28.4. The molecule has 29 heavy (non-hydrogen) atoms. The van der Waals surface area contributed by atoms with E-state index in [1.165, 1.54) is 116 Å². The highest BCUT2D eigenvalue weighted by atomic mass is 16.5. The number of rotatable bonds is 22. The number of aliphatic hydroxyl groups excluding tert-OH is 1. The molecule has 0 saturated heterocycles. The van der Waals surface area contributed by atoms with E-state index in [1.54, 1.807) is 0 Å². The molecule has 0 aliphatic carbocycles. The topological polar surface area (TPSA) is 46.5 Å². The van der Waals surface area contributed by atoms with Gasteiger partial charge in [-0.05, 0) is 12.3 Å². The van der Waals surface area contributed by atoms with E-state index in [4.69, 9.17) is 0 Å². The average Bonchev–Trinajstić information content (AvgIpc) is 2.74. The van der Waals surface area contributed by atoms with Gasteiger partial charge in [-0.25, -0.2) is 4.79 Å². The van der Waals surface area contributed by atoms with Crippen molar-refractivity contribution in [2.24, 2.45) is 5.92 Å². The molecule has 0 aromatic heterocycles. The van der Waals surface area contributed by atoms with Gasteiger partial charge in [0.05, 0.1) is 7.11 Å². The van der Waals surface area contributed by atoms with E-state index in [-0.39, 0.29) is 0 Å². The molecule has 0 aromatic carbocycles. The summed E-state index contributed by atoms with van der Waals surface area (Å²) in [5.74, 6) is 0.423. The van der Waals surface area contributed by atoms with Crippen molar-refractivity contribution in [2.75, 3.05) is 7.11 Å². The Hall–Kier alpha value is -0.570. The molecular weight excluding hydrogens is 360 g/mol. The second-order valence-electron chi connectivity index (χ2n) is 9.14. The summed E-state index contributed by atoms with van der Waals surface area (Å²) in [6.45, 7) is 4.68. The van der Waals surface area contributed by atoms with E-state index >= 15 is 0 Å². The molecule has 3 nitrogen and oxygen atoms in total. The van der Waals surface area contributed by atoms with Crippen molar-refractivity contribution in [3.63, 3.8) is 0 Å². The van der Waals surface area contributed by atoms with E-state index < -0.39 is 12.1 Å². The fraction of sp³-hybridized carbons (Fsp3) is 0.962. The van der Waals surface area contributed by atoms with Gasteiger partial charge in [0.15, 0.2) is 6.10 Å². The van der Waals surface area contributed by atoms with Gasteiger partial charge in [-0.3, -0.25) is 0 Å². The Morgan fingerprint density at radius 1 is 0.655 bits per heavy atom. The summed E-state index contributed by atoms with van der Waals surface area (Å²) in [5, 5.41) is 9.50. The fourth-order valence-corrected chi connectivity index (χ4v) is 3.94. The van der Waals surface area contributed by atoms with Crippen LogP contribution in [0.15, 0.2) is 0 Å². The molecule has 0 spiro atoms. The molecule has 174 valence electrons. The van der Waals surface area contributed by atoms with Gasteiger partial charge in [0, 0.05) is 0 Å². The van der Waals surface area contributed by atoms with Crippen molar-refractivity contribution >= 4 is 5.97 Å². The Bertz CT molecular complexity index is 343. The highest BCUT2D eigenvalue weighted by Gasteiger charge is 2.13. The number of carbonyl (C=O) groups excluding carboxylic acids is 1. The van der Waals surface area contributed by atoms with Crippen molar-refractivity contribution in [1.29, 1.82) is 0 Å². The first-order valence-electron chi connectivity index (χ1n) is 12.9. The number of unbranched alkanes of at least 4 members (excludes halogenated alkanes) is 16. The number of hydrogen-bond acceptors (Lipinski definition) is 3. The molecule has 0 aromatic rings. The zero-order chi connectivity index (χ0) is 21.6. The molecule has 0 rings (SSSR count). The minimum absolute atomic E-state index is 0.502. The monoisotopic (exact) mass is 412 g/mol. The van der Waals surface area contributed by atoms with Crippen LogP contribution in [0.3, 0.4) is 0 Å². The minimum atomic E-state index is -0.931. The number of carbonyl (C=O) groups is 1. The quantitative estimate of drug-likeness (QED) is 0.145. The van der Waals surface area contributed by atoms with Crippen LogP contribution in [0.4, 0.5) is 0 Å². The van der Waals surface area contributed by atoms with Crippen LogP contribution in [0.25, 0.3) is 0 Å². The summed E-state index contributed by atoms with van der Waals surface area (Å²) in [6, 6.07) is 0. The summed E-state index contributed by atoms with van der Waals surface area (Å²) in [7, 11) is 1.32. The largest absolute Gasteiger partial charge is 0.467 e. The summed E-state index contributed by atoms with van der Waals surface area (Å²) in [4.78, 5) is 11.1. The highest BCUT2D eigenvalue weighted by molar-refractivity contribution is 5.74. The maximum atomic E-state index is 11.1. The van der Waals surface area contributed by atoms with Crippen molar-refractivity contribution in [3.05, 3.63) is 0 Å². The van der Waals surface area contributed by atoms with Gasteiger partial charge < -0.3 is 9.84 Å². The molecule has 0 bridgehead atoms. The normalized spacial score (nSPS) is 13.4. The zero-order valence-corrected chi connectivity index (χ0v) is 20.1. The summed E-state index contributed by atoms with van der Waals surface area (Å²) in [5.41, 5.74) is 0. The molecule has 0 aliphatic rings. The second-order valence-corrected chi connectivity index (χ2v) is 9.14. The first-order chi connectivity index (χ1) is 14.1. The smallest absolute Gasteiger partial charge is 0.334 e. The molecule has 0 amide bonds. The van der Waals surface area contributed by atoms with Crippen LogP contribution in [-0.2, 0) is 9.53 Å². The molecule has 0 aliphatic heterocycles. The van der Waals surface area contributed by atoms with Gasteiger partial charge in [0.1, 0.15) is 0 Å². The van der Waals surface area contributed by atoms with Gasteiger partial charge in [-0.1, -0.05) is 136 Å². The van der Waals surface area contributed by atoms with Crippen LogP contribution in [0, 0.1) is 5.92 Å². The summed E-state index contributed by atoms with van der Waals surface area (Å²) >= 11 is 0. The van der Waals surface area contributed by atoms with E-state index in [9.17, 15) is 9.90 Å². The van der Waals surface area contributed by atoms with Crippen LogP contribution >= 0.6 is 0 Å². The Labute approximate surface area is 182 Å². The summed E-state index contributed by atoms with van der Waals surface area (Å²) < 4.78 is 4.52. The lowest BCUT2D eigenvalue weighted by Crippen LogP contribution is -2.21. The third kappa shape index (κ3) is 20.5. The molecule has 0 fully saturated rings. The predicted molar refractivity (Wildman–Crippen MR) is 125 cm³/mol. The molecule has 0 radical (unpaired) electrons. The Kier molecular flexibility index (Phi) is 21.7. The summed E-state index contributed by atoms with van der Waals surface area (Å²) in [6.07, 6.45) is 25.3. The lowest BCUT2D eigenvalue weighted by molar-refractivity contribution is -0.150. The Morgan fingerprint density at radius 3 is 1.28 bits per heavy atom. The molecule has 2 unspecified atom stereocenters. The number of methoxy groups -OCH3 is 1. The number of ether oxygens (including phenoxy) is 1. The maximum absolute atomic E-state index is 11.1. The zero-order valence-electron chi connectivity index (χ0n) is 20.1. The van der Waals surface area contributed by atoms with Crippen molar-refractivity contribution in [1.82, 2.24) is 0 Å². The third-order valence-corrected chi connectivity index (χ3v) is 6.34. The predicted octanol–water partition coefficient (Wildman–Crippen LogP) is 7.98. The molecule has 2 atom stereocenters. The van der Waals surface area contributed by atoms with E-state index in [2.05, 4.69) is 18.6 Å². The Balaban J connectivity index is 3.11. The van der Waals surface area contributed by atoms with Crippen molar-refractivity contribution in [2.45, 2.75) is 148 Å². The SMILES string of the molecule is CCC(C)CCCCCCCCCCCCCCCCCCCC(O)C(=O)OC. The molecule has 1 N–H and O–H groups in total. The minimum Gasteiger partial charge on any atom is -0.467 e. The van der Waals surface area contributed by atoms with Gasteiger partial charge in [0.2, 0.25) is 0 Å². The molecule has 0 heterocycles. The van der Waals surface area contributed by atoms with Crippen LogP contribution in [-0.4, -0.2) is 24.3 Å². The molecular formula is C26H52O3. The van der Waals surface area contributed by atoms with Gasteiger partial charge in [0.25, 0.3) is 0 Å². The average molecular weight is 413 g/mol. The maximum Gasteiger partial charge on any atom is 0.334 e. The van der Waals surface area contributed by atoms with E-state index in [1.807, 2.05) is 0 Å². The van der Waals surface area contributed by atoms with Crippen LogP contribution in [0.2, 0.25) is 0 Å². The first-order valence-corrected chi connectivity index (χ1v) is 12.9. The number of esters is 1. The standard InChI is InChI=1S/C26H52O3/c1-4-24(2)22-20-18-16-14-12-10-8-6-5-7-9-11-13-15-17-19-21-23-25(27)26(28)29-3/h24-25,27H,4-23H2,1-3H3. The van der Waals surface area contributed by atoms with Gasteiger partial charge in [-0.2, -0.15) is 0 Å². The van der Waals surface area contributed by atoms with Crippen LogP contribution in [0.5, 0.6) is 0 Å². The van der Waals surface area contributed by atoms with Crippen molar-refractivity contribution < 1.29 is 14.6 Å². The molecule has 0 saturated carbocycles. The highest BCUT2D eigenvalue weighted by Crippen LogP contribution is 2.16. The van der Waals surface area contributed by atoms with Crippen molar-refractivity contribution in [3.8, 4) is 0 Å². The molecule has 3 heteroatoms. The number of aliphatic hydroxyl groups is 1. The van der Waals surface area contributed by atoms with E-state index in [0.717, 1.165) is 18.8 Å². The lowest BCUT2D eigenvalue weighted by atomic mass is 9.99. The van der Waals surface area contributed by atoms with Gasteiger partial charge >= 0.3 is 5.97 Å². The van der Waals surface area contributed by atoms with Gasteiger partial charge in [-0.15, -0.1) is 0 Å². The third-order valence-electron chi connectivity index (χ3n) is 6.34. The van der Waals surface area contributed by atoms with Crippen LogP contribution in [0.1, 0.15) is 142 Å². The van der Waals surface area contributed by atoms with E-state index in [0.29, 0.717) is 6.42 Å². The van der Waals surface area contributed by atoms with Crippen LogP contribution < -0.4 is 0 Å². The number of hydrogen-bond donors (Lipinski definition) is 1.